The van der Waals surface area contributed by atoms with Crippen LogP contribution in [0.3, 0.4) is 0 Å². The van der Waals surface area contributed by atoms with E-state index in [9.17, 15) is 0 Å². The predicted octanol–water partition coefficient (Wildman–Crippen LogP) is 9.95. The standard InChI is InChI=1S/C52H37GeN4O.Pt/c1-52(2,3)34-28-29-54-50(30-34)57-46-22-12-9-18-40(46)41-26-24-36(31-48(41)57)58-37-25-27-44-49(32-37)56-33-55(35-14-5-4-6-15-35)47-23-13-21-45(51(47)56)53(44)42-19-10-7-16-38(42)39-17-8-11-20-43(39)53;/h4-30,33H,1-3H3;/q-3;. The Balaban J connectivity index is 0.00000397. The van der Waals surface area contributed by atoms with Crippen LogP contribution < -0.4 is 32.1 Å². The third-order valence-electron chi connectivity index (χ3n) is 12.3. The summed E-state index contributed by atoms with van der Waals surface area (Å²) in [6, 6.07) is 64.8. The van der Waals surface area contributed by atoms with Crippen molar-refractivity contribution in [3.8, 4) is 28.4 Å². The Morgan fingerprint density at radius 2 is 1.29 bits per heavy atom. The Bertz CT molecular complexity index is 3110. The smallest absolute Gasteiger partial charge is 0 e. The topological polar surface area (TPSA) is 33.5 Å². The number of ether oxygens (including phenoxy) is 1. The van der Waals surface area contributed by atoms with Crippen molar-refractivity contribution >= 4 is 75.4 Å². The summed E-state index contributed by atoms with van der Waals surface area (Å²) in [5.74, 6) is 2.14. The maximum atomic E-state index is 6.84. The van der Waals surface area contributed by atoms with Crippen molar-refractivity contribution in [2.45, 2.75) is 26.2 Å². The summed E-state index contributed by atoms with van der Waals surface area (Å²) >= 11 is -3.58. The van der Waals surface area contributed by atoms with Gasteiger partial charge in [0, 0.05) is 21.1 Å². The molecule has 12 rings (SSSR count). The van der Waals surface area contributed by atoms with Crippen molar-refractivity contribution in [1.29, 1.82) is 0 Å². The zero-order valence-electron chi connectivity index (χ0n) is 32.7. The van der Waals surface area contributed by atoms with Crippen LogP contribution in [0.5, 0.6) is 11.5 Å². The number of anilines is 4. The van der Waals surface area contributed by atoms with E-state index in [0.29, 0.717) is 11.5 Å². The van der Waals surface area contributed by atoms with Crippen LogP contribution >= 0.6 is 0 Å². The quantitative estimate of drug-likeness (QED) is 0.130. The molecule has 5 nitrogen and oxygen atoms in total. The predicted molar refractivity (Wildman–Crippen MR) is 239 cm³/mol. The summed E-state index contributed by atoms with van der Waals surface area (Å²) in [7, 11) is 0. The average molecular weight is 1000 g/mol. The molecular formula is C52H37GeN4OPt-3. The summed E-state index contributed by atoms with van der Waals surface area (Å²) in [6.07, 6.45) is 1.91. The number of nitrogens with zero attached hydrogens (tertiary/aromatic N) is 4. The van der Waals surface area contributed by atoms with E-state index in [1.54, 1.807) is 0 Å². The fourth-order valence-corrected chi connectivity index (χ4v) is 21.3. The molecule has 0 atom stereocenters. The molecule has 9 aromatic rings. The minimum absolute atomic E-state index is 0. The largest absolute Gasteiger partial charge is 0 e. The van der Waals surface area contributed by atoms with Gasteiger partial charge in [0.05, 0.1) is 0 Å². The maximum Gasteiger partial charge on any atom is 0 e. The van der Waals surface area contributed by atoms with Gasteiger partial charge in [0.1, 0.15) is 0 Å². The Labute approximate surface area is 361 Å². The van der Waals surface area contributed by atoms with Gasteiger partial charge in [-0.15, -0.1) is 0 Å². The van der Waals surface area contributed by atoms with E-state index in [2.05, 4.69) is 206 Å². The van der Waals surface area contributed by atoms with Crippen LogP contribution in [-0.4, -0.2) is 22.8 Å². The van der Waals surface area contributed by atoms with Crippen LogP contribution in [0, 0.1) is 18.8 Å². The Morgan fingerprint density at radius 3 is 2.07 bits per heavy atom. The molecule has 288 valence electrons. The van der Waals surface area contributed by atoms with E-state index >= 15 is 0 Å². The molecule has 0 bridgehead atoms. The van der Waals surface area contributed by atoms with Crippen molar-refractivity contribution < 1.29 is 25.8 Å². The molecule has 0 unspecified atom stereocenters. The third kappa shape index (κ3) is 5.17. The summed E-state index contributed by atoms with van der Waals surface area (Å²) in [6.45, 7) is 8.94. The number of hydrogen-bond acceptors (Lipinski definition) is 4. The molecule has 2 aromatic heterocycles. The van der Waals surface area contributed by atoms with Gasteiger partial charge < -0.3 is 0 Å². The van der Waals surface area contributed by atoms with Gasteiger partial charge in [-0.05, 0) is 11.5 Å². The SMILES string of the molecule is CC(C)(C)c1ccnc(-n2c3[c-]c(Oc4[c-]c5[c](cc4)[Ge]4([c]6ccccc6-c6cccc[c]64)[c]4cccc6c4N5[CH-]N6c4ccccc4)ccc3c3ccccc32)c1.[Pt]. The maximum absolute atomic E-state index is 6.84. The van der Waals surface area contributed by atoms with Crippen molar-refractivity contribution in [3.63, 3.8) is 0 Å². The van der Waals surface area contributed by atoms with E-state index in [0.717, 1.165) is 39.0 Å². The minimum atomic E-state index is -3.58. The molecule has 0 aliphatic carbocycles. The number of benzene rings is 7. The van der Waals surface area contributed by atoms with Crippen LogP contribution in [0.1, 0.15) is 26.3 Å². The third-order valence-corrected chi connectivity index (χ3v) is 22.6. The van der Waals surface area contributed by atoms with Crippen molar-refractivity contribution in [1.82, 2.24) is 9.55 Å². The zero-order chi connectivity index (χ0) is 38.8. The first kappa shape index (κ1) is 36.2. The summed E-state index contributed by atoms with van der Waals surface area (Å²) in [4.78, 5) is 9.56. The Hall–Kier alpha value is -5.88. The van der Waals surface area contributed by atoms with Gasteiger partial charge in [0.25, 0.3) is 0 Å². The minimum Gasteiger partial charge on any atom is 0 e. The van der Waals surface area contributed by atoms with Crippen LogP contribution in [0.25, 0.3) is 38.8 Å². The number of pyridine rings is 1. The van der Waals surface area contributed by atoms with Gasteiger partial charge in [-0.2, -0.15) is 0 Å². The van der Waals surface area contributed by atoms with E-state index in [-0.39, 0.29) is 26.5 Å². The average Bonchev–Trinajstić information content (AvgIpc) is 3.90. The fraction of sp³-hybridized carbons (Fsp3) is 0.0769. The Morgan fingerprint density at radius 1 is 0.610 bits per heavy atom. The van der Waals surface area contributed by atoms with Gasteiger partial charge in [0.15, 0.2) is 0 Å². The van der Waals surface area contributed by atoms with Crippen LogP contribution in [0.2, 0.25) is 0 Å². The second-order valence-electron chi connectivity index (χ2n) is 16.5. The molecule has 0 saturated carbocycles. The van der Waals surface area contributed by atoms with Crippen LogP contribution in [-0.2, 0) is 26.5 Å². The van der Waals surface area contributed by atoms with Gasteiger partial charge in [-0.3, -0.25) is 0 Å². The molecule has 59 heavy (non-hydrogen) atoms. The van der Waals surface area contributed by atoms with Crippen molar-refractivity contribution in [3.05, 3.63) is 188 Å². The molecule has 0 radical (unpaired) electrons. The van der Waals surface area contributed by atoms with E-state index in [1.165, 1.54) is 45.6 Å². The normalized spacial score (nSPS) is 14.2. The zero-order valence-corrected chi connectivity index (χ0v) is 37.0. The molecule has 0 N–H and O–H groups in total. The summed E-state index contributed by atoms with van der Waals surface area (Å²) < 4.78 is 14.8. The van der Waals surface area contributed by atoms with E-state index in [1.807, 2.05) is 12.3 Å². The monoisotopic (exact) mass is 1000 g/mol. The van der Waals surface area contributed by atoms with Gasteiger partial charge in [-0.1, -0.05) is 20.8 Å². The van der Waals surface area contributed by atoms with Gasteiger partial charge in [0.2, 0.25) is 0 Å². The molecule has 3 aliphatic heterocycles. The van der Waals surface area contributed by atoms with Crippen LogP contribution in [0.4, 0.5) is 22.7 Å². The van der Waals surface area contributed by atoms with Gasteiger partial charge >= 0.3 is 310 Å². The van der Waals surface area contributed by atoms with Crippen molar-refractivity contribution in [2.75, 3.05) is 9.80 Å². The first-order valence-electron chi connectivity index (χ1n) is 19.9. The molecule has 5 heterocycles. The molecule has 0 fully saturated rings. The number of para-hydroxylation sites is 3. The molecule has 0 saturated heterocycles. The second-order valence-corrected chi connectivity index (χ2v) is 24.2. The number of fused-ring (bicyclic) bond motifs is 12. The van der Waals surface area contributed by atoms with E-state index < -0.39 is 13.3 Å². The first-order chi connectivity index (χ1) is 28.4. The fourth-order valence-electron chi connectivity index (χ4n) is 9.75. The molecule has 7 heteroatoms. The molecule has 1 spiro atoms. The molecule has 0 amide bonds. The number of hydrogen-bond donors (Lipinski definition) is 0. The summed E-state index contributed by atoms with van der Waals surface area (Å²) in [5, 5.41) is 2.26. The first-order valence-corrected chi connectivity index (χ1v) is 24.1. The molecular weight excluding hydrogens is 964 g/mol. The van der Waals surface area contributed by atoms with E-state index in [4.69, 9.17) is 9.72 Å². The molecule has 7 aromatic carbocycles. The number of aromatic nitrogens is 2. The number of rotatable bonds is 4. The summed E-state index contributed by atoms with van der Waals surface area (Å²) in [5.41, 5.74) is 10.5. The van der Waals surface area contributed by atoms with Crippen molar-refractivity contribution in [2.24, 2.45) is 0 Å². The molecule has 3 aliphatic rings. The second kappa shape index (κ2) is 13.3. The van der Waals surface area contributed by atoms with Crippen LogP contribution in [0.15, 0.2) is 164 Å². The van der Waals surface area contributed by atoms with Gasteiger partial charge in [-0.25, -0.2) is 0 Å². The Kier molecular flexibility index (Phi) is 8.18.